The highest BCUT2D eigenvalue weighted by Gasteiger charge is 2.34. The molecule has 8 heteroatoms. The van der Waals surface area contributed by atoms with E-state index in [9.17, 15) is 9.59 Å². The van der Waals surface area contributed by atoms with Crippen LogP contribution in [0, 0.1) is 12.8 Å². The summed E-state index contributed by atoms with van der Waals surface area (Å²) in [5.74, 6) is 0.00513. The molecule has 144 valence electrons. The lowest BCUT2D eigenvalue weighted by Gasteiger charge is -2.34. The van der Waals surface area contributed by atoms with E-state index in [1.54, 1.807) is 18.3 Å². The number of amides is 2. The first-order chi connectivity index (χ1) is 12.9. The van der Waals surface area contributed by atoms with Crippen molar-refractivity contribution in [2.45, 2.75) is 33.2 Å². The van der Waals surface area contributed by atoms with Gasteiger partial charge in [-0.05, 0) is 31.4 Å². The lowest BCUT2D eigenvalue weighted by atomic mass is 10.1. The highest BCUT2D eigenvalue weighted by atomic mass is 16.5. The second kappa shape index (κ2) is 8.30. The van der Waals surface area contributed by atoms with Crippen LogP contribution in [0.3, 0.4) is 0 Å². The molecule has 0 aromatic carbocycles. The molecule has 0 radical (unpaired) electrons. The lowest BCUT2D eigenvalue weighted by molar-refractivity contribution is -0.121. The Morgan fingerprint density at radius 3 is 2.93 bits per heavy atom. The van der Waals surface area contributed by atoms with E-state index in [-0.39, 0.29) is 17.6 Å². The normalized spacial score (nSPS) is 17.2. The van der Waals surface area contributed by atoms with Gasteiger partial charge in [-0.2, -0.15) is 0 Å². The van der Waals surface area contributed by atoms with Crippen LogP contribution < -0.4 is 10.6 Å². The summed E-state index contributed by atoms with van der Waals surface area (Å²) in [7, 11) is 0. The molecular weight excluding hydrogens is 346 g/mol. The predicted octanol–water partition coefficient (Wildman–Crippen LogP) is 1.63. The first-order valence-corrected chi connectivity index (χ1v) is 9.15. The fraction of sp³-hybridized carbons (Fsp3) is 0.474. The van der Waals surface area contributed by atoms with Crippen LogP contribution in [0.5, 0.6) is 0 Å². The molecule has 8 nitrogen and oxygen atoms in total. The number of piperazine rings is 1. The number of carbonyl (C=O) groups excluding carboxylic acids is 2. The third kappa shape index (κ3) is 4.71. The number of hydrogen-bond donors (Lipinski definition) is 2. The van der Waals surface area contributed by atoms with Crippen molar-refractivity contribution in [1.82, 2.24) is 20.4 Å². The smallest absolute Gasteiger partial charge is 0.293 e. The summed E-state index contributed by atoms with van der Waals surface area (Å²) in [6.45, 7) is 7.45. The van der Waals surface area contributed by atoms with Gasteiger partial charge in [-0.1, -0.05) is 19.0 Å². The molecule has 2 amide bonds. The van der Waals surface area contributed by atoms with E-state index in [0.29, 0.717) is 31.2 Å². The Morgan fingerprint density at radius 2 is 2.22 bits per heavy atom. The molecule has 0 saturated carbocycles. The minimum Gasteiger partial charge on any atom is -0.351 e. The zero-order valence-electron chi connectivity index (χ0n) is 15.9. The third-order valence-electron chi connectivity index (χ3n) is 4.37. The highest BCUT2D eigenvalue weighted by molar-refractivity contribution is 6.00. The van der Waals surface area contributed by atoms with Crippen LogP contribution in [0.15, 0.2) is 28.9 Å². The monoisotopic (exact) mass is 371 g/mol. The Labute approximate surface area is 158 Å². The van der Waals surface area contributed by atoms with Crippen LogP contribution in [0.25, 0.3) is 0 Å². The van der Waals surface area contributed by atoms with E-state index in [1.165, 1.54) is 4.90 Å². The van der Waals surface area contributed by atoms with Gasteiger partial charge >= 0.3 is 0 Å². The van der Waals surface area contributed by atoms with E-state index >= 15 is 0 Å². The molecule has 2 N–H and O–H groups in total. The van der Waals surface area contributed by atoms with Crippen molar-refractivity contribution in [1.29, 1.82) is 0 Å². The summed E-state index contributed by atoms with van der Waals surface area (Å²) >= 11 is 0. The number of anilines is 1. The molecule has 2 aromatic rings. The Balaban J connectivity index is 1.72. The molecule has 27 heavy (non-hydrogen) atoms. The van der Waals surface area contributed by atoms with Crippen molar-refractivity contribution in [3.63, 3.8) is 0 Å². The van der Waals surface area contributed by atoms with Crippen LogP contribution in [0.2, 0.25) is 0 Å². The standard InChI is InChI=1S/C19H25N5O3/c1-12(2)8-15-9-17(27-23-15)19(26)24-7-6-20-11-16(24)18(25)22-14-5-4-13(3)21-10-14/h4-5,9-10,12,16,20H,6-8,11H2,1-3H3,(H,22,25)/t16-/m1/s1. The van der Waals surface area contributed by atoms with Crippen LogP contribution in [0.4, 0.5) is 5.69 Å². The molecule has 0 bridgehead atoms. The lowest BCUT2D eigenvalue weighted by Crippen LogP contribution is -2.58. The number of pyridine rings is 1. The minimum atomic E-state index is -0.633. The number of nitrogens with zero attached hydrogens (tertiary/aromatic N) is 3. The summed E-state index contributed by atoms with van der Waals surface area (Å²) < 4.78 is 5.24. The van der Waals surface area contributed by atoms with E-state index in [0.717, 1.165) is 17.8 Å². The Hall–Kier alpha value is -2.74. The number of nitrogens with one attached hydrogen (secondary N) is 2. The van der Waals surface area contributed by atoms with Crippen molar-refractivity contribution in [3.05, 3.63) is 41.5 Å². The maximum Gasteiger partial charge on any atom is 0.293 e. The second-order valence-electron chi connectivity index (χ2n) is 7.18. The summed E-state index contributed by atoms with van der Waals surface area (Å²) in [6, 6.07) is 4.65. The zero-order valence-corrected chi connectivity index (χ0v) is 15.9. The van der Waals surface area contributed by atoms with E-state index in [1.807, 2.05) is 13.0 Å². The van der Waals surface area contributed by atoms with Crippen molar-refractivity contribution in [3.8, 4) is 0 Å². The third-order valence-corrected chi connectivity index (χ3v) is 4.37. The van der Waals surface area contributed by atoms with Gasteiger partial charge in [0.2, 0.25) is 11.7 Å². The number of carbonyl (C=O) groups is 2. The molecule has 1 aliphatic rings. The first-order valence-electron chi connectivity index (χ1n) is 9.15. The molecule has 3 rings (SSSR count). The summed E-state index contributed by atoms with van der Waals surface area (Å²) in [5.41, 5.74) is 2.21. The van der Waals surface area contributed by atoms with Crippen LogP contribution >= 0.6 is 0 Å². The van der Waals surface area contributed by atoms with Gasteiger partial charge in [-0.15, -0.1) is 0 Å². The largest absolute Gasteiger partial charge is 0.351 e. The quantitative estimate of drug-likeness (QED) is 0.829. The molecule has 1 atom stereocenters. The van der Waals surface area contributed by atoms with Gasteiger partial charge in [0.1, 0.15) is 6.04 Å². The second-order valence-corrected chi connectivity index (χ2v) is 7.18. The van der Waals surface area contributed by atoms with E-state index in [2.05, 4.69) is 34.6 Å². The molecule has 1 saturated heterocycles. The summed E-state index contributed by atoms with van der Waals surface area (Å²) in [4.78, 5) is 31.3. The van der Waals surface area contributed by atoms with Crippen LogP contribution in [0.1, 0.15) is 35.8 Å². The van der Waals surface area contributed by atoms with Crippen LogP contribution in [-0.2, 0) is 11.2 Å². The van der Waals surface area contributed by atoms with Gasteiger partial charge in [0.15, 0.2) is 0 Å². The van der Waals surface area contributed by atoms with Crippen molar-refractivity contribution in [2.75, 3.05) is 25.0 Å². The Kier molecular flexibility index (Phi) is 5.85. The SMILES string of the molecule is Cc1ccc(NC(=O)[C@H]2CNCCN2C(=O)c2cc(CC(C)C)no2)cn1. The summed E-state index contributed by atoms with van der Waals surface area (Å²) in [6.07, 6.45) is 2.34. The molecular formula is C19H25N5O3. The Bertz CT molecular complexity index is 800. The van der Waals surface area contributed by atoms with E-state index < -0.39 is 6.04 Å². The topological polar surface area (TPSA) is 100 Å². The average molecular weight is 371 g/mol. The highest BCUT2D eigenvalue weighted by Crippen LogP contribution is 2.16. The maximum absolute atomic E-state index is 12.9. The molecule has 0 aliphatic carbocycles. The Morgan fingerprint density at radius 1 is 1.41 bits per heavy atom. The van der Waals surface area contributed by atoms with Gasteiger partial charge in [0, 0.05) is 31.4 Å². The fourth-order valence-corrected chi connectivity index (χ4v) is 3.02. The summed E-state index contributed by atoms with van der Waals surface area (Å²) in [5, 5.41) is 9.96. The van der Waals surface area contributed by atoms with Gasteiger partial charge in [0.05, 0.1) is 17.6 Å². The fourth-order valence-electron chi connectivity index (χ4n) is 3.02. The number of aromatic nitrogens is 2. The number of rotatable bonds is 5. The zero-order chi connectivity index (χ0) is 19.4. The first kappa shape index (κ1) is 19.0. The number of aryl methyl sites for hydroxylation is 1. The van der Waals surface area contributed by atoms with Gasteiger partial charge in [-0.3, -0.25) is 14.6 Å². The van der Waals surface area contributed by atoms with E-state index in [4.69, 9.17) is 4.52 Å². The van der Waals surface area contributed by atoms with Crippen LogP contribution in [-0.4, -0.2) is 52.5 Å². The molecule has 2 aromatic heterocycles. The average Bonchev–Trinajstić information content (AvgIpc) is 3.10. The molecule has 1 aliphatic heterocycles. The van der Waals surface area contributed by atoms with Crippen molar-refractivity contribution in [2.24, 2.45) is 5.92 Å². The minimum absolute atomic E-state index is 0.169. The maximum atomic E-state index is 12.9. The van der Waals surface area contributed by atoms with Gasteiger partial charge < -0.3 is 20.1 Å². The van der Waals surface area contributed by atoms with Crippen molar-refractivity contribution >= 4 is 17.5 Å². The molecule has 0 unspecified atom stereocenters. The van der Waals surface area contributed by atoms with Crippen molar-refractivity contribution < 1.29 is 14.1 Å². The predicted molar refractivity (Wildman–Crippen MR) is 100 cm³/mol. The number of hydrogen-bond acceptors (Lipinski definition) is 6. The van der Waals surface area contributed by atoms with Gasteiger partial charge in [0.25, 0.3) is 5.91 Å². The molecule has 0 spiro atoms. The molecule has 3 heterocycles. The van der Waals surface area contributed by atoms with Gasteiger partial charge in [-0.25, -0.2) is 0 Å². The molecule has 1 fully saturated rings.